The molecule has 0 fully saturated rings. The van der Waals surface area contributed by atoms with Gasteiger partial charge in [-0.05, 0) is 42.9 Å². The highest BCUT2D eigenvalue weighted by Gasteiger charge is 2.08. The molecule has 1 N–H and O–H groups in total. The third kappa shape index (κ3) is 4.53. The lowest BCUT2D eigenvalue weighted by atomic mass is 10.1. The molecule has 0 bridgehead atoms. The predicted molar refractivity (Wildman–Crippen MR) is 95.8 cm³/mol. The molecule has 22 heavy (non-hydrogen) atoms. The smallest absolute Gasteiger partial charge is 0.250 e. The zero-order valence-electron chi connectivity index (χ0n) is 12.6. The fourth-order valence-corrected chi connectivity index (χ4v) is 2.06. The van der Waals surface area contributed by atoms with Gasteiger partial charge in [0.05, 0.1) is 0 Å². The van der Waals surface area contributed by atoms with Crippen molar-refractivity contribution in [3.63, 3.8) is 0 Å². The standard InChI is InChI=1S/C18H18N2OS/c1-14-8-10-15(11-9-14)12-13-17(21)19-18(22)20(2)16-6-4-3-5-7-16/h3-13H,1-2H3,(H,19,21,22)/b13-12+. The number of anilines is 1. The minimum absolute atomic E-state index is 0.242. The van der Waals surface area contributed by atoms with Crippen LogP contribution in [0.25, 0.3) is 6.08 Å². The molecule has 2 rings (SSSR count). The first-order valence-corrected chi connectivity index (χ1v) is 7.35. The van der Waals surface area contributed by atoms with Gasteiger partial charge in [0, 0.05) is 18.8 Å². The maximum atomic E-state index is 11.9. The summed E-state index contributed by atoms with van der Waals surface area (Å²) >= 11 is 5.24. The number of nitrogens with one attached hydrogen (secondary N) is 1. The van der Waals surface area contributed by atoms with E-state index in [9.17, 15) is 4.79 Å². The third-order valence-electron chi connectivity index (χ3n) is 3.18. The lowest BCUT2D eigenvalue weighted by Crippen LogP contribution is -2.39. The summed E-state index contributed by atoms with van der Waals surface area (Å²) in [6.07, 6.45) is 3.25. The van der Waals surface area contributed by atoms with Gasteiger partial charge in [0.25, 0.3) is 0 Å². The third-order valence-corrected chi connectivity index (χ3v) is 3.56. The van der Waals surface area contributed by atoms with Crippen LogP contribution in [0, 0.1) is 6.92 Å². The lowest BCUT2D eigenvalue weighted by Gasteiger charge is -2.19. The molecule has 0 aliphatic heterocycles. The molecule has 0 saturated heterocycles. The Morgan fingerprint density at radius 2 is 1.73 bits per heavy atom. The Balaban J connectivity index is 1.94. The highest BCUT2D eigenvalue weighted by molar-refractivity contribution is 7.80. The van der Waals surface area contributed by atoms with E-state index in [1.54, 1.807) is 11.0 Å². The van der Waals surface area contributed by atoms with Crippen molar-refractivity contribution in [2.24, 2.45) is 0 Å². The minimum atomic E-state index is -0.242. The van der Waals surface area contributed by atoms with Crippen molar-refractivity contribution in [2.45, 2.75) is 6.92 Å². The number of amides is 1. The minimum Gasteiger partial charge on any atom is -0.322 e. The largest absolute Gasteiger partial charge is 0.322 e. The van der Waals surface area contributed by atoms with E-state index >= 15 is 0 Å². The highest BCUT2D eigenvalue weighted by atomic mass is 32.1. The van der Waals surface area contributed by atoms with Crippen LogP contribution < -0.4 is 10.2 Å². The Kier molecular flexibility index (Phi) is 5.44. The molecule has 2 aromatic rings. The zero-order valence-corrected chi connectivity index (χ0v) is 13.4. The number of nitrogens with zero attached hydrogens (tertiary/aromatic N) is 1. The number of para-hydroxylation sites is 1. The summed E-state index contributed by atoms with van der Waals surface area (Å²) in [6.45, 7) is 2.03. The van der Waals surface area contributed by atoms with Crippen LogP contribution in [0.4, 0.5) is 5.69 Å². The molecule has 4 heteroatoms. The fourth-order valence-electron chi connectivity index (χ4n) is 1.85. The van der Waals surface area contributed by atoms with Gasteiger partial charge in [-0.2, -0.15) is 0 Å². The molecule has 0 unspecified atom stereocenters. The summed E-state index contributed by atoms with van der Waals surface area (Å²) in [7, 11) is 1.82. The average molecular weight is 310 g/mol. The molecule has 0 aliphatic carbocycles. The molecule has 2 aromatic carbocycles. The SMILES string of the molecule is Cc1ccc(/C=C/C(=O)NC(=S)N(C)c2ccccc2)cc1. The summed E-state index contributed by atoms with van der Waals surface area (Å²) in [5, 5.41) is 3.06. The Bertz CT molecular complexity index is 678. The first kappa shape index (κ1) is 15.9. The number of carbonyl (C=O) groups is 1. The van der Waals surface area contributed by atoms with E-state index in [4.69, 9.17) is 12.2 Å². The zero-order chi connectivity index (χ0) is 15.9. The van der Waals surface area contributed by atoms with Crippen molar-refractivity contribution in [3.8, 4) is 0 Å². The molecule has 112 valence electrons. The monoisotopic (exact) mass is 310 g/mol. The molecule has 0 saturated carbocycles. The van der Waals surface area contributed by atoms with Gasteiger partial charge in [0.1, 0.15) is 0 Å². The van der Waals surface area contributed by atoms with Crippen LogP contribution in [0.1, 0.15) is 11.1 Å². The second kappa shape index (κ2) is 7.52. The molecular weight excluding hydrogens is 292 g/mol. The van der Waals surface area contributed by atoms with E-state index in [1.165, 1.54) is 11.6 Å². The Morgan fingerprint density at radius 3 is 2.36 bits per heavy atom. The van der Waals surface area contributed by atoms with Crippen molar-refractivity contribution < 1.29 is 4.79 Å². The van der Waals surface area contributed by atoms with Gasteiger partial charge in [-0.1, -0.05) is 48.0 Å². The average Bonchev–Trinajstić information content (AvgIpc) is 2.54. The van der Waals surface area contributed by atoms with E-state index in [2.05, 4.69) is 5.32 Å². The number of thiocarbonyl (C=S) groups is 1. The molecule has 1 amide bonds. The van der Waals surface area contributed by atoms with Crippen molar-refractivity contribution in [2.75, 3.05) is 11.9 Å². The normalized spacial score (nSPS) is 10.5. The van der Waals surface area contributed by atoms with Crippen LogP contribution >= 0.6 is 12.2 Å². The van der Waals surface area contributed by atoms with Crippen LogP contribution in [0.2, 0.25) is 0 Å². The Morgan fingerprint density at radius 1 is 1.09 bits per heavy atom. The van der Waals surface area contributed by atoms with Crippen LogP contribution in [-0.4, -0.2) is 18.1 Å². The van der Waals surface area contributed by atoms with E-state index in [0.717, 1.165) is 11.3 Å². The van der Waals surface area contributed by atoms with E-state index in [-0.39, 0.29) is 5.91 Å². The summed E-state index contributed by atoms with van der Waals surface area (Å²) in [5.41, 5.74) is 3.09. The number of hydrogen-bond acceptors (Lipinski definition) is 2. The molecule has 0 radical (unpaired) electrons. The van der Waals surface area contributed by atoms with Gasteiger partial charge >= 0.3 is 0 Å². The molecule has 0 heterocycles. The number of benzene rings is 2. The van der Waals surface area contributed by atoms with Crippen molar-refractivity contribution >= 4 is 35.0 Å². The first-order valence-electron chi connectivity index (χ1n) is 6.95. The molecule has 0 atom stereocenters. The summed E-state index contributed by atoms with van der Waals surface area (Å²) in [5.74, 6) is -0.242. The first-order chi connectivity index (χ1) is 10.6. The maximum absolute atomic E-state index is 11.9. The second-order valence-corrected chi connectivity index (χ2v) is 5.32. The van der Waals surface area contributed by atoms with E-state index < -0.39 is 0 Å². The molecule has 0 aromatic heterocycles. The van der Waals surface area contributed by atoms with Gasteiger partial charge in [-0.25, -0.2) is 0 Å². The highest BCUT2D eigenvalue weighted by Crippen LogP contribution is 2.11. The van der Waals surface area contributed by atoms with Gasteiger partial charge < -0.3 is 4.90 Å². The van der Waals surface area contributed by atoms with Gasteiger partial charge in [-0.3, -0.25) is 10.1 Å². The van der Waals surface area contributed by atoms with Gasteiger partial charge in [0.2, 0.25) is 5.91 Å². The van der Waals surface area contributed by atoms with Crippen molar-refractivity contribution in [1.29, 1.82) is 0 Å². The number of aryl methyl sites for hydroxylation is 1. The van der Waals surface area contributed by atoms with Crippen LogP contribution in [0.15, 0.2) is 60.7 Å². The molecular formula is C18H18N2OS. The molecule has 0 aliphatic rings. The van der Waals surface area contributed by atoms with Crippen molar-refractivity contribution in [1.82, 2.24) is 5.32 Å². The van der Waals surface area contributed by atoms with Gasteiger partial charge in [0.15, 0.2) is 5.11 Å². The number of rotatable bonds is 3. The Labute approximate surface area is 136 Å². The topological polar surface area (TPSA) is 32.3 Å². The fraction of sp³-hybridized carbons (Fsp3) is 0.111. The molecule has 0 spiro atoms. The van der Waals surface area contributed by atoms with Crippen LogP contribution in [0.3, 0.4) is 0 Å². The Hall–Kier alpha value is -2.46. The van der Waals surface area contributed by atoms with Crippen molar-refractivity contribution in [3.05, 3.63) is 71.8 Å². The molecule has 3 nitrogen and oxygen atoms in total. The summed E-state index contributed by atoms with van der Waals surface area (Å²) < 4.78 is 0. The second-order valence-electron chi connectivity index (χ2n) is 4.93. The number of hydrogen-bond donors (Lipinski definition) is 1. The number of carbonyl (C=O) groups excluding carboxylic acids is 1. The predicted octanol–water partition coefficient (Wildman–Crippen LogP) is 3.55. The lowest BCUT2D eigenvalue weighted by molar-refractivity contribution is -0.115. The van der Waals surface area contributed by atoms with Crippen LogP contribution in [-0.2, 0) is 4.79 Å². The van der Waals surface area contributed by atoms with Gasteiger partial charge in [-0.15, -0.1) is 0 Å². The van der Waals surface area contributed by atoms with Crippen LogP contribution in [0.5, 0.6) is 0 Å². The quantitative estimate of drug-likeness (QED) is 0.695. The van der Waals surface area contributed by atoms with E-state index in [0.29, 0.717) is 5.11 Å². The maximum Gasteiger partial charge on any atom is 0.250 e. The summed E-state index contributed by atoms with van der Waals surface area (Å²) in [6, 6.07) is 17.6. The van der Waals surface area contributed by atoms with E-state index in [1.807, 2.05) is 68.6 Å². The summed E-state index contributed by atoms with van der Waals surface area (Å²) in [4.78, 5) is 13.7.